The molecule has 0 saturated carbocycles. The van der Waals surface area contributed by atoms with Gasteiger partial charge in [0, 0.05) is 11.3 Å². The van der Waals surface area contributed by atoms with Crippen molar-refractivity contribution in [2.24, 2.45) is 5.10 Å². The fourth-order valence-electron chi connectivity index (χ4n) is 3.21. The number of hydrazone groups is 1. The molecule has 26 heavy (non-hydrogen) atoms. The van der Waals surface area contributed by atoms with E-state index >= 15 is 0 Å². The Hall–Kier alpha value is -3.28. The molecule has 1 aromatic heterocycles. The maximum atomic E-state index is 13.2. The molecule has 0 atom stereocenters. The summed E-state index contributed by atoms with van der Waals surface area (Å²) < 4.78 is 15.0. The molecule has 1 N–H and O–H groups in total. The maximum absolute atomic E-state index is 13.2. The molecule has 0 unspecified atom stereocenters. The summed E-state index contributed by atoms with van der Waals surface area (Å²) in [5.41, 5.74) is 6.46. The molecule has 1 heterocycles. The third-order valence-electron chi connectivity index (χ3n) is 4.37. The highest BCUT2D eigenvalue weighted by Crippen LogP contribution is 2.27. The van der Waals surface area contributed by atoms with Gasteiger partial charge in [-0.3, -0.25) is 4.79 Å². The predicted octanol–water partition coefficient (Wildman–Crippen LogP) is 3.26. The van der Waals surface area contributed by atoms with Gasteiger partial charge in [-0.1, -0.05) is 30.3 Å². The lowest BCUT2D eigenvalue weighted by Gasteiger charge is -2.04. The lowest BCUT2D eigenvalue weighted by Crippen LogP contribution is -2.20. The van der Waals surface area contributed by atoms with Gasteiger partial charge in [-0.15, -0.1) is 0 Å². The van der Waals surface area contributed by atoms with Crippen LogP contribution in [0.3, 0.4) is 0 Å². The number of benzene rings is 2. The Morgan fingerprint density at radius 2 is 2.00 bits per heavy atom. The number of nitrogens with zero attached hydrogens (tertiary/aromatic N) is 3. The first-order chi connectivity index (χ1) is 12.7. The Morgan fingerprint density at radius 1 is 1.15 bits per heavy atom. The van der Waals surface area contributed by atoms with Crippen LogP contribution in [0.2, 0.25) is 0 Å². The number of fused-ring (bicyclic) bond motifs is 1. The van der Waals surface area contributed by atoms with Crippen LogP contribution in [0.15, 0.2) is 59.7 Å². The van der Waals surface area contributed by atoms with Crippen LogP contribution < -0.4 is 5.43 Å². The van der Waals surface area contributed by atoms with Crippen molar-refractivity contribution in [3.05, 3.63) is 82.9 Å². The van der Waals surface area contributed by atoms with E-state index in [-0.39, 0.29) is 11.7 Å². The van der Waals surface area contributed by atoms with Crippen LogP contribution in [0.5, 0.6) is 0 Å². The zero-order chi connectivity index (χ0) is 17.9. The highest BCUT2D eigenvalue weighted by atomic mass is 19.1. The van der Waals surface area contributed by atoms with E-state index in [1.54, 1.807) is 12.1 Å². The molecule has 1 aliphatic rings. The topological polar surface area (TPSA) is 59.3 Å². The van der Waals surface area contributed by atoms with Crippen LogP contribution in [0.1, 0.15) is 33.7 Å². The number of nitrogens with one attached hydrogen (secondary N) is 1. The van der Waals surface area contributed by atoms with E-state index < -0.39 is 0 Å². The summed E-state index contributed by atoms with van der Waals surface area (Å²) in [4.78, 5) is 12.5. The summed E-state index contributed by atoms with van der Waals surface area (Å²) in [6.07, 6.45) is 4.15. The number of amides is 1. The molecule has 5 nitrogen and oxygen atoms in total. The van der Waals surface area contributed by atoms with Crippen molar-refractivity contribution in [1.29, 1.82) is 0 Å². The Balaban J connectivity index is 1.57. The Bertz CT molecular complexity index is 979. The Labute approximate surface area is 150 Å². The highest BCUT2D eigenvalue weighted by molar-refractivity contribution is 5.95. The molecule has 0 radical (unpaired) electrons. The minimum absolute atomic E-state index is 0.347. The average molecular weight is 348 g/mol. The second-order valence-electron chi connectivity index (χ2n) is 6.13. The first-order valence-corrected chi connectivity index (χ1v) is 8.47. The summed E-state index contributed by atoms with van der Waals surface area (Å²) in [5, 5.41) is 8.44. The molecule has 2 aromatic carbocycles. The van der Waals surface area contributed by atoms with Gasteiger partial charge in [-0.2, -0.15) is 10.2 Å². The molecule has 0 bridgehead atoms. The summed E-state index contributed by atoms with van der Waals surface area (Å²) >= 11 is 0. The molecule has 0 spiro atoms. The van der Waals surface area contributed by atoms with E-state index in [0.29, 0.717) is 11.3 Å². The van der Waals surface area contributed by atoms with Gasteiger partial charge in [-0.25, -0.2) is 14.5 Å². The molecular weight excluding hydrogens is 331 g/mol. The van der Waals surface area contributed by atoms with Crippen molar-refractivity contribution >= 4 is 12.1 Å². The number of para-hydroxylation sites is 1. The van der Waals surface area contributed by atoms with E-state index in [9.17, 15) is 9.18 Å². The number of rotatable bonds is 4. The second-order valence-corrected chi connectivity index (χ2v) is 6.13. The van der Waals surface area contributed by atoms with Crippen molar-refractivity contribution in [3.8, 4) is 5.69 Å². The van der Waals surface area contributed by atoms with Crippen LogP contribution in [0, 0.1) is 5.82 Å². The van der Waals surface area contributed by atoms with Crippen molar-refractivity contribution in [2.45, 2.75) is 19.3 Å². The van der Waals surface area contributed by atoms with Crippen LogP contribution in [0.4, 0.5) is 4.39 Å². The zero-order valence-electron chi connectivity index (χ0n) is 14.0. The number of carbonyl (C=O) groups excluding carboxylic acids is 1. The lowest BCUT2D eigenvalue weighted by atomic mass is 10.2. The lowest BCUT2D eigenvalue weighted by molar-refractivity contribution is 0.0949. The monoisotopic (exact) mass is 348 g/mol. The van der Waals surface area contributed by atoms with Crippen molar-refractivity contribution in [3.63, 3.8) is 0 Å². The third-order valence-corrected chi connectivity index (χ3v) is 4.37. The minimum Gasteiger partial charge on any atom is -0.265 e. The van der Waals surface area contributed by atoms with Crippen LogP contribution in [-0.2, 0) is 12.8 Å². The molecule has 130 valence electrons. The highest BCUT2D eigenvalue weighted by Gasteiger charge is 2.26. The number of halogens is 1. The largest absolute Gasteiger partial charge is 0.292 e. The quantitative estimate of drug-likeness (QED) is 0.581. The van der Waals surface area contributed by atoms with Gasteiger partial charge >= 0.3 is 0 Å². The number of hydrogen-bond donors (Lipinski definition) is 1. The van der Waals surface area contributed by atoms with Gasteiger partial charge in [0.05, 0.1) is 11.9 Å². The zero-order valence-corrected chi connectivity index (χ0v) is 14.0. The van der Waals surface area contributed by atoms with Gasteiger partial charge in [0.15, 0.2) is 5.69 Å². The van der Waals surface area contributed by atoms with Gasteiger partial charge < -0.3 is 0 Å². The number of carbonyl (C=O) groups is 1. The predicted molar refractivity (Wildman–Crippen MR) is 97.0 cm³/mol. The Kier molecular flexibility index (Phi) is 4.31. The normalized spacial score (nSPS) is 13.1. The smallest absolute Gasteiger partial charge is 0.265 e. The average Bonchev–Trinajstić information content (AvgIpc) is 3.25. The van der Waals surface area contributed by atoms with E-state index in [1.807, 2.05) is 35.0 Å². The van der Waals surface area contributed by atoms with Gasteiger partial charge in [0.2, 0.25) is 0 Å². The summed E-state index contributed by atoms with van der Waals surface area (Å²) in [6.45, 7) is 0. The first kappa shape index (κ1) is 16.2. The molecule has 1 aliphatic carbocycles. The van der Waals surface area contributed by atoms with E-state index in [2.05, 4.69) is 15.6 Å². The van der Waals surface area contributed by atoms with Crippen LogP contribution in [0.25, 0.3) is 5.69 Å². The van der Waals surface area contributed by atoms with Crippen molar-refractivity contribution in [1.82, 2.24) is 15.2 Å². The molecular formula is C20H17FN4O. The second kappa shape index (κ2) is 6.92. The molecule has 4 rings (SSSR count). The van der Waals surface area contributed by atoms with Gasteiger partial charge in [0.25, 0.3) is 5.91 Å². The number of hydrogen-bond acceptors (Lipinski definition) is 3. The third kappa shape index (κ3) is 3.13. The van der Waals surface area contributed by atoms with Crippen molar-refractivity contribution < 1.29 is 9.18 Å². The SMILES string of the molecule is O=C(N/N=C/c1cccc(F)c1)c1nn(-c2ccccc2)c2c1CCC2. The number of aromatic nitrogens is 2. The van der Waals surface area contributed by atoms with Crippen LogP contribution >= 0.6 is 0 Å². The van der Waals surface area contributed by atoms with Gasteiger partial charge in [0.1, 0.15) is 5.82 Å². The van der Waals surface area contributed by atoms with Crippen LogP contribution in [-0.4, -0.2) is 21.9 Å². The molecule has 3 aromatic rings. The molecule has 0 saturated heterocycles. The first-order valence-electron chi connectivity index (χ1n) is 8.47. The minimum atomic E-state index is -0.356. The summed E-state index contributed by atoms with van der Waals surface area (Å²) in [6, 6.07) is 15.8. The fraction of sp³-hybridized carbons (Fsp3) is 0.150. The van der Waals surface area contributed by atoms with E-state index in [4.69, 9.17) is 0 Å². The molecule has 0 aliphatic heterocycles. The summed E-state index contributed by atoms with van der Waals surface area (Å²) in [5.74, 6) is -0.704. The standard InChI is InChI=1S/C20H17FN4O/c21-15-7-4-6-14(12-15)13-22-23-20(26)19-17-10-5-11-18(17)25(24-19)16-8-2-1-3-9-16/h1-4,6-9,12-13H,5,10-11H2,(H,23,26)/b22-13+. The van der Waals surface area contributed by atoms with E-state index in [1.165, 1.54) is 18.3 Å². The molecule has 0 fully saturated rings. The molecule has 1 amide bonds. The maximum Gasteiger partial charge on any atom is 0.292 e. The van der Waals surface area contributed by atoms with Gasteiger partial charge in [-0.05, 0) is 49.1 Å². The van der Waals surface area contributed by atoms with Crippen molar-refractivity contribution in [2.75, 3.05) is 0 Å². The van der Waals surface area contributed by atoms with E-state index in [0.717, 1.165) is 36.2 Å². The molecule has 6 heteroatoms. The summed E-state index contributed by atoms with van der Waals surface area (Å²) in [7, 11) is 0. The fourth-order valence-corrected chi connectivity index (χ4v) is 3.21. The Morgan fingerprint density at radius 3 is 2.81 bits per heavy atom.